The van der Waals surface area contributed by atoms with Crippen LogP contribution in [0.15, 0.2) is 0 Å². The number of carbonyl (C=O) groups is 5. The van der Waals surface area contributed by atoms with Crippen LogP contribution < -0.4 is 21.3 Å². The van der Waals surface area contributed by atoms with Crippen molar-refractivity contribution in [3.8, 4) is 0 Å². The molecule has 0 radical (unpaired) electrons. The van der Waals surface area contributed by atoms with Crippen molar-refractivity contribution in [1.82, 2.24) is 26.2 Å². The van der Waals surface area contributed by atoms with Gasteiger partial charge in [0.05, 0.1) is 17.3 Å². The number of nitrogens with one attached hydrogen (secondary N) is 4. The number of ketones is 1. The highest BCUT2D eigenvalue weighted by Crippen LogP contribution is 2.65. The fourth-order valence-electron chi connectivity index (χ4n) is 8.53. The zero-order valence-corrected chi connectivity index (χ0v) is 31.6. The smallest absolute Gasteiger partial charge is 0.316 e. The van der Waals surface area contributed by atoms with Crippen LogP contribution in [0.3, 0.4) is 0 Å². The molecule has 5 aliphatic rings. The van der Waals surface area contributed by atoms with Crippen molar-refractivity contribution in [2.45, 2.75) is 141 Å². The van der Waals surface area contributed by atoms with Gasteiger partial charge in [0.1, 0.15) is 12.1 Å². The van der Waals surface area contributed by atoms with Gasteiger partial charge in [-0.15, -0.1) is 0 Å². The molecule has 5 amide bonds. The molecule has 1 unspecified atom stereocenters. The van der Waals surface area contributed by atoms with Gasteiger partial charge in [-0.05, 0) is 67.1 Å². The van der Waals surface area contributed by atoms with Gasteiger partial charge in [0.2, 0.25) is 17.6 Å². The Morgan fingerprint density at radius 3 is 2.26 bits per heavy atom. The number of sulfone groups is 1. The molecule has 0 aromatic heterocycles. The van der Waals surface area contributed by atoms with Crippen LogP contribution in [0.2, 0.25) is 0 Å². The zero-order chi connectivity index (χ0) is 36.6. The van der Waals surface area contributed by atoms with E-state index in [1.165, 1.54) is 4.90 Å². The fraction of sp³-hybridized carbons (Fsp3) is 0.861. The highest BCUT2D eigenvalue weighted by atomic mass is 32.2. The van der Waals surface area contributed by atoms with Gasteiger partial charge in [-0.25, -0.2) is 13.2 Å². The van der Waals surface area contributed by atoms with Gasteiger partial charge in [0, 0.05) is 19.7 Å². The minimum absolute atomic E-state index is 0.00104. The van der Waals surface area contributed by atoms with E-state index in [1.807, 2.05) is 27.7 Å². The minimum atomic E-state index is -3.61. The average molecular weight is 722 g/mol. The number of piperidine rings is 1. The Morgan fingerprint density at radius 1 is 0.980 bits per heavy atom. The number of Topliss-reactive ketones (excluding diaryl/α,β-unsaturated/α-hetero) is 1. The van der Waals surface area contributed by atoms with E-state index in [0.717, 1.165) is 38.5 Å². The molecule has 2 aliphatic heterocycles. The number of ether oxygens (including phenoxy) is 1. The van der Waals surface area contributed by atoms with E-state index in [2.05, 4.69) is 35.1 Å². The normalized spacial score (nSPS) is 29.1. The molecule has 282 valence electrons. The third-order valence-corrected chi connectivity index (χ3v) is 13.9. The van der Waals surface area contributed by atoms with Gasteiger partial charge < -0.3 is 30.9 Å². The van der Waals surface area contributed by atoms with Crippen LogP contribution in [0.5, 0.6) is 0 Å². The van der Waals surface area contributed by atoms with Crippen molar-refractivity contribution < 1.29 is 37.1 Å². The molecule has 13 nitrogen and oxygen atoms in total. The molecule has 5 fully saturated rings. The first kappa shape index (κ1) is 38.5. The molecule has 3 saturated carbocycles. The Kier molecular flexibility index (Phi) is 11.3. The van der Waals surface area contributed by atoms with Gasteiger partial charge in [0.15, 0.2) is 15.3 Å². The molecule has 0 aromatic rings. The lowest BCUT2D eigenvalue weighted by atomic mass is 9.81. The zero-order valence-electron chi connectivity index (χ0n) is 30.8. The molecule has 50 heavy (non-hydrogen) atoms. The van der Waals surface area contributed by atoms with Crippen molar-refractivity contribution in [2.75, 3.05) is 25.4 Å². The standard InChI is InChI=1S/C36H59N5O8S/c1-7-8-13-24(27(42)30(44)37-20-22-14-15-22)38-29(43)26-25-23(35(25,5)6)21-41(26)31(45)28(34(2,3)4)39-33(46)40-36(16-10-9-11-17-36)32-49-18-12-19-50(32,47)48/h22-26,28,32H,7-21H2,1-6H3,(H,37,44)(H,38,43)(H2,39,40,46)/t23-,24-,25-,26-,28+,32?/m0/s1. The summed E-state index contributed by atoms with van der Waals surface area (Å²) in [6, 6.07) is -3.59. The molecule has 0 bridgehead atoms. The first-order valence-corrected chi connectivity index (χ1v) is 20.5. The number of likely N-dealkylation sites (tertiary alicyclic amines) is 1. The van der Waals surface area contributed by atoms with Crippen molar-refractivity contribution in [1.29, 1.82) is 0 Å². The summed E-state index contributed by atoms with van der Waals surface area (Å²) in [7, 11) is -3.61. The maximum atomic E-state index is 14.5. The van der Waals surface area contributed by atoms with E-state index in [-0.39, 0.29) is 23.0 Å². The Balaban J connectivity index is 1.33. The molecule has 0 spiro atoms. The van der Waals surface area contributed by atoms with E-state index >= 15 is 0 Å². The lowest BCUT2D eigenvalue weighted by molar-refractivity contribution is -0.145. The maximum absolute atomic E-state index is 14.5. The second-order valence-electron chi connectivity index (χ2n) is 17.1. The number of amides is 5. The summed E-state index contributed by atoms with van der Waals surface area (Å²) in [5, 5.41) is 11.4. The fourth-order valence-corrected chi connectivity index (χ4v) is 10.5. The summed E-state index contributed by atoms with van der Waals surface area (Å²) in [6.45, 7) is 12.6. The largest absolute Gasteiger partial charge is 0.360 e. The average Bonchev–Trinajstić information content (AvgIpc) is 3.91. The number of nitrogens with zero attached hydrogens (tertiary/aromatic N) is 1. The minimum Gasteiger partial charge on any atom is -0.360 e. The van der Waals surface area contributed by atoms with Crippen LogP contribution in [0, 0.1) is 28.6 Å². The molecule has 6 atom stereocenters. The van der Waals surface area contributed by atoms with Gasteiger partial charge in [0.25, 0.3) is 5.91 Å². The Labute approximate surface area is 297 Å². The number of hydrogen-bond donors (Lipinski definition) is 4. The van der Waals surface area contributed by atoms with Crippen LogP contribution in [0.1, 0.15) is 112 Å². The highest BCUT2D eigenvalue weighted by molar-refractivity contribution is 7.92. The first-order valence-electron chi connectivity index (χ1n) is 18.8. The molecular weight excluding hydrogens is 662 g/mol. The van der Waals surface area contributed by atoms with Crippen LogP contribution in [-0.4, -0.2) is 97.4 Å². The van der Waals surface area contributed by atoms with Crippen LogP contribution in [0.25, 0.3) is 0 Å². The monoisotopic (exact) mass is 721 g/mol. The summed E-state index contributed by atoms with van der Waals surface area (Å²) < 4.78 is 32.1. The SMILES string of the molecule is CCCC[C@H](NC(=O)[C@@H]1[C@@H]2[C@H](CN1C(=O)[C@@H](NC(=O)NC1(C3OCCCS3(=O)=O)CCCCC1)C(C)(C)C)C2(C)C)C(=O)C(=O)NCC1CC1. The highest BCUT2D eigenvalue weighted by Gasteiger charge is 2.70. The third-order valence-electron chi connectivity index (χ3n) is 11.8. The quantitative estimate of drug-likeness (QED) is 0.210. The molecular formula is C36H59N5O8S. The molecule has 2 heterocycles. The topological polar surface area (TPSA) is 180 Å². The number of fused-ring (bicyclic) bond motifs is 1. The molecule has 14 heteroatoms. The van der Waals surface area contributed by atoms with E-state index < -0.39 is 73.9 Å². The number of urea groups is 1. The maximum Gasteiger partial charge on any atom is 0.316 e. The number of hydrogen-bond acceptors (Lipinski definition) is 8. The van der Waals surface area contributed by atoms with Gasteiger partial charge in [-0.2, -0.15) is 0 Å². The summed E-state index contributed by atoms with van der Waals surface area (Å²) in [5.74, 6) is -1.97. The van der Waals surface area contributed by atoms with Crippen LogP contribution in [0.4, 0.5) is 4.79 Å². The predicted octanol–water partition coefficient (Wildman–Crippen LogP) is 2.82. The van der Waals surface area contributed by atoms with Crippen molar-refractivity contribution in [2.24, 2.45) is 28.6 Å². The van der Waals surface area contributed by atoms with E-state index in [9.17, 15) is 32.4 Å². The lowest BCUT2D eigenvalue weighted by Crippen LogP contribution is -2.66. The van der Waals surface area contributed by atoms with Gasteiger partial charge >= 0.3 is 6.03 Å². The summed E-state index contributed by atoms with van der Waals surface area (Å²) in [5.41, 5.74) is -3.24. The molecule has 4 N–H and O–H groups in total. The Bertz CT molecular complexity index is 1430. The van der Waals surface area contributed by atoms with E-state index in [0.29, 0.717) is 57.7 Å². The van der Waals surface area contributed by atoms with Crippen LogP contribution >= 0.6 is 0 Å². The second-order valence-corrected chi connectivity index (χ2v) is 19.3. The van der Waals surface area contributed by atoms with Gasteiger partial charge in [-0.3, -0.25) is 19.2 Å². The van der Waals surface area contributed by atoms with Crippen molar-refractivity contribution in [3.63, 3.8) is 0 Å². The van der Waals surface area contributed by atoms with Crippen molar-refractivity contribution >= 4 is 39.4 Å². The number of carbonyl (C=O) groups excluding carboxylic acids is 5. The molecule has 3 aliphatic carbocycles. The first-order chi connectivity index (χ1) is 23.4. The number of unbranched alkanes of at least 4 members (excludes halogenated alkanes) is 1. The van der Waals surface area contributed by atoms with E-state index in [4.69, 9.17) is 4.74 Å². The Morgan fingerprint density at radius 2 is 1.66 bits per heavy atom. The summed E-state index contributed by atoms with van der Waals surface area (Å²) in [4.78, 5) is 70.0. The predicted molar refractivity (Wildman–Crippen MR) is 187 cm³/mol. The van der Waals surface area contributed by atoms with Gasteiger partial charge in [-0.1, -0.05) is 73.6 Å². The van der Waals surface area contributed by atoms with E-state index in [1.54, 1.807) is 0 Å². The third kappa shape index (κ3) is 8.16. The molecule has 5 rings (SSSR count). The molecule has 0 aromatic carbocycles. The summed E-state index contributed by atoms with van der Waals surface area (Å²) in [6.07, 6.45) is 7.48. The molecule has 2 saturated heterocycles. The second kappa shape index (κ2) is 14.7. The summed E-state index contributed by atoms with van der Waals surface area (Å²) >= 11 is 0. The Hall–Kier alpha value is -2.74. The number of rotatable bonds is 13. The van der Waals surface area contributed by atoms with Crippen LogP contribution in [-0.2, 0) is 33.8 Å². The lowest BCUT2D eigenvalue weighted by Gasteiger charge is -2.45. The van der Waals surface area contributed by atoms with Crippen molar-refractivity contribution in [3.05, 3.63) is 0 Å².